The number of anilines is 2. The van der Waals surface area contributed by atoms with E-state index in [0.29, 0.717) is 17.3 Å². The summed E-state index contributed by atoms with van der Waals surface area (Å²) < 4.78 is 0. The third-order valence-electron chi connectivity index (χ3n) is 5.71. The van der Waals surface area contributed by atoms with Crippen molar-refractivity contribution in [1.82, 2.24) is 15.2 Å². The summed E-state index contributed by atoms with van der Waals surface area (Å²) in [6.45, 7) is 3.74. The Kier molecular flexibility index (Phi) is 7.55. The number of rotatable bonds is 6. The first-order valence-electron chi connectivity index (χ1n) is 10.9. The number of nitrogens with zero attached hydrogens (tertiary/aromatic N) is 3. The first kappa shape index (κ1) is 22.8. The molecule has 3 aromatic rings. The first-order valence-corrected chi connectivity index (χ1v) is 11.3. The number of pyridine rings is 1. The Hall–Kier alpha value is -3.42. The number of para-hydroxylation sites is 1. The standard InChI is InChI=1S/C25H26ClN5O2/c26-20-8-10-21(11-9-20)29-25(33)24(32)28-18-23(19-5-4-12-27-17-19)31-15-13-30(14-16-31)22-6-2-1-3-7-22/h1-12,17,23H,13-16,18H2,(H,28,32)(H,29,33)/t23-/m1/s1. The molecule has 2 heterocycles. The van der Waals surface area contributed by atoms with Crippen molar-refractivity contribution >= 4 is 34.8 Å². The van der Waals surface area contributed by atoms with Gasteiger partial charge in [0, 0.05) is 61.5 Å². The molecule has 7 nitrogen and oxygen atoms in total. The molecule has 0 aliphatic carbocycles. The van der Waals surface area contributed by atoms with Crippen LogP contribution in [0.3, 0.4) is 0 Å². The molecule has 0 radical (unpaired) electrons. The lowest BCUT2D eigenvalue weighted by Gasteiger charge is -2.40. The van der Waals surface area contributed by atoms with E-state index >= 15 is 0 Å². The summed E-state index contributed by atoms with van der Waals surface area (Å²) in [5.41, 5.74) is 2.73. The van der Waals surface area contributed by atoms with E-state index in [9.17, 15) is 9.59 Å². The molecule has 0 bridgehead atoms. The molecule has 1 aliphatic heterocycles. The van der Waals surface area contributed by atoms with Crippen LogP contribution in [0.5, 0.6) is 0 Å². The van der Waals surface area contributed by atoms with E-state index in [-0.39, 0.29) is 6.04 Å². The van der Waals surface area contributed by atoms with Crippen molar-refractivity contribution in [2.75, 3.05) is 42.9 Å². The molecule has 2 N–H and O–H groups in total. The van der Waals surface area contributed by atoms with Crippen molar-refractivity contribution in [2.45, 2.75) is 6.04 Å². The highest BCUT2D eigenvalue weighted by Crippen LogP contribution is 2.23. The smallest absolute Gasteiger partial charge is 0.313 e. The highest BCUT2D eigenvalue weighted by Gasteiger charge is 2.26. The molecule has 0 unspecified atom stereocenters. The largest absolute Gasteiger partial charge is 0.369 e. The number of carbonyl (C=O) groups is 2. The SMILES string of the molecule is O=C(NC[C@H](c1cccnc1)N1CCN(c2ccccc2)CC1)C(=O)Nc1ccc(Cl)cc1. The second kappa shape index (κ2) is 10.9. The minimum atomic E-state index is -0.712. The first-order chi connectivity index (χ1) is 16.1. The van der Waals surface area contributed by atoms with Crippen molar-refractivity contribution < 1.29 is 9.59 Å². The third-order valence-corrected chi connectivity index (χ3v) is 5.96. The summed E-state index contributed by atoms with van der Waals surface area (Å²) in [4.78, 5) is 33.7. The van der Waals surface area contributed by atoms with Crippen molar-refractivity contribution in [3.63, 3.8) is 0 Å². The number of hydrogen-bond acceptors (Lipinski definition) is 5. The molecular weight excluding hydrogens is 438 g/mol. The number of aromatic nitrogens is 1. The molecule has 0 saturated carbocycles. The minimum Gasteiger partial charge on any atom is -0.369 e. The van der Waals surface area contributed by atoms with Gasteiger partial charge in [0.05, 0.1) is 6.04 Å². The van der Waals surface area contributed by atoms with Crippen molar-refractivity contribution in [3.05, 3.63) is 89.7 Å². The Balaban J connectivity index is 1.38. The van der Waals surface area contributed by atoms with Crippen LogP contribution in [-0.2, 0) is 9.59 Å². The molecule has 33 heavy (non-hydrogen) atoms. The van der Waals surface area contributed by atoms with Crippen LogP contribution < -0.4 is 15.5 Å². The van der Waals surface area contributed by atoms with Gasteiger partial charge in [-0.15, -0.1) is 0 Å². The van der Waals surface area contributed by atoms with E-state index in [1.165, 1.54) is 5.69 Å². The van der Waals surface area contributed by atoms with Gasteiger partial charge in [0.2, 0.25) is 0 Å². The van der Waals surface area contributed by atoms with Gasteiger partial charge >= 0.3 is 11.8 Å². The number of halogens is 1. The number of piperazine rings is 1. The summed E-state index contributed by atoms with van der Waals surface area (Å²) in [5, 5.41) is 5.95. The maximum absolute atomic E-state index is 12.5. The fraction of sp³-hybridized carbons (Fsp3) is 0.240. The van der Waals surface area contributed by atoms with Crippen LogP contribution in [0.1, 0.15) is 11.6 Å². The number of hydrogen-bond donors (Lipinski definition) is 2. The molecule has 2 amide bonds. The van der Waals surface area contributed by atoms with Crippen LogP contribution in [0, 0.1) is 0 Å². The van der Waals surface area contributed by atoms with Gasteiger partial charge in [-0.2, -0.15) is 0 Å². The Morgan fingerprint density at radius 1 is 0.909 bits per heavy atom. The second-order valence-corrected chi connectivity index (χ2v) is 8.27. The molecule has 8 heteroatoms. The zero-order valence-electron chi connectivity index (χ0n) is 18.2. The molecule has 1 aromatic heterocycles. The van der Waals surface area contributed by atoms with E-state index in [1.807, 2.05) is 36.5 Å². The Morgan fingerprint density at radius 3 is 2.30 bits per heavy atom. The number of benzene rings is 2. The topological polar surface area (TPSA) is 77.6 Å². The average molecular weight is 464 g/mol. The Bertz CT molecular complexity index is 1060. The molecule has 4 rings (SSSR count). The van der Waals surface area contributed by atoms with Gasteiger partial charge in [-0.05, 0) is 48.0 Å². The van der Waals surface area contributed by atoms with E-state index in [2.05, 4.69) is 37.6 Å². The van der Waals surface area contributed by atoms with Gasteiger partial charge in [-0.25, -0.2) is 0 Å². The van der Waals surface area contributed by atoms with E-state index < -0.39 is 11.8 Å². The summed E-state index contributed by atoms with van der Waals surface area (Å²) in [7, 11) is 0. The highest BCUT2D eigenvalue weighted by atomic mass is 35.5. The average Bonchev–Trinajstić information content (AvgIpc) is 2.87. The summed E-state index contributed by atoms with van der Waals surface area (Å²) >= 11 is 5.87. The third kappa shape index (κ3) is 6.09. The van der Waals surface area contributed by atoms with Crippen LogP contribution in [0.2, 0.25) is 5.02 Å². The molecule has 1 aliphatic rings. The van der Waals surface area contributed by atoms with Crippen LogP contribution in [-0.4, -0.2) is 54.4 Å². The van der Waals surface area contributed by atoms with Gasteiger partial charge in [0.15, 0.2) is 0 Å². The van der Waals surface area contributed by atoms with E-state index in [0.717, 1.165) is 31.7 Å². The molecule has 1 fully saturated rings. The molecule has 170 valence electrons. The van der Waals surface area contributed by atoms with Crippen molar-refractivity contribution in [3.8, 4) is 0 Å². The second-order valence-electron chi connectivity index (χ2n) is 7.83. The summed E-state index contributed by atoms with van der Waals surface area (Å²) in [6.07, 6.45) is 3.54. The summed E-state index contributed by atoms with van der Waals surface area (Å²) in [5.74, 6) is -1.39. The molecule has 2 aromatic carbocycles. The predicted octanol–water partition coefficient (Wildman–Crippen LogP) is 3.35. The number of amides is 2. The minimum absolute atomic E-state index is 0.0797. The molecule has 1 atom stereocenters. The fourth-order valence-corrected chi connectivity index (χ4v) is 4.08. The lowest BCUT2D eigenvalue weighted by atomic mass is 10.1. The highest BCUT2D eigenvalue weighted by molar-refractivity contribution is 6.39. The lowest BCUT2D eigenvalue weighted by Crippen LogP contribution is -2.50. The van der Waals surface area contributed by atoms with Gasteiger partial charge in [-0.1, -0.05) is 35.9 Å². The monoisotopic (exact) mass is 463 g/mol. The van der Waals surface area contributed by atoms with Gasteiger partial charge in [0.1, 0.15) is 0 Å². The normalized spacial score (nSPS) is 15.0. The predicted molar refractivity (Wildman–Crippen MR) is 130 cm³/mol. The van der Waals surface area contributed by atoms with Crippen LogP contribution in [0.4, 0.5) is 11.4 Å². The van der Waals surface area contributed by atoms with E-state index in [1.54, 1.807) is 30.5 Å². The van der Waals surface area contributed by atoms with Crippen LogP contribution in [0.15, 0.2) is 79.1 Å². The van der Waals surface area contributed by atoms with Crippen molar-refractivity contribution in [1.29, 1.82) is 0 Å². The van der Waals surface area contributed by atoms with Crippen molar-refractivity contribution in [2.24, 2.45) is 0 Å². The Labute approximate surface area is 198 Å². The maximum atomic E-state index is 12.5. The summed E-state index contributed by atoms with van der Waals surface area (Å²) in [6, 6.07) is 20.8. The quantitative estimate of drug-likeness (QED) is 0.548. The number of nitrogens with one attached hydrogen (secondary N) is 2. The van der Waals surface area contributed by atoms with Gasteiger partial charge in [-0.3, -0.25) is 19.5 Å². The van der Waals surface area contributed by atoms with Gasteiger partial charge in [0.25, 0.3) is 0 Å². The zero-order chi connectivity index (χ0) is 23.0. The molecule has 1 saturated heterocycles. The molecule has 0 spiro atoms. The van der Waals surface area contributed by atoms with Gasteiger partial charge < -0.3 is 15.5 Å². The maximum Gasteiger partial charge on any atom is 0.313 e. The lowest BCUT2D eigenvalue weighted by molar-refractivity contribution is -0.136. The Morgan fingerprint density at radius 2 is 1.64 bits per heavy atom. The van der Waals surface area contributed by atoms with Crippen LogP contribution in [0.25, 0.3) is 0 Å². The fourth-order valence-electron chi connectivity index (χ4n) is 3.95. The zero-order valence-corrected chi connectivity index (χ0v) is 18.9. The van der Waals surface area contributed by atoms with E-state index in [4.69, 9.17) is 11.6 Å². The van der Waals surface area contributed by atoms with Crippen LogP contribution >= 0.6 is 11.6 Å². The molecular formula is C25H26ClN5O2. The number of carbonyl (C=O) groups excluding carboxylic acids is 2.